The highest BCUT2D eigenvalue weighted by Crippen LogP contribution is 2.19. The lowest BCUT2D eigenvalue weighted by Gasteiger charge is -2.34. The second-order valence-corrected chi connectivity index (χ2v) is 8.65. The molecule has 1 aliphatic heterocycles. The minimum absolute atomic E-state index is 0.117. The monoisotopic (exact) mass is 426 g/mol. The predicted octanol–water partition coefficient (Wildman–Crippen LogP) is 1.23. The maximum atomic E-state index is 4.54. The standard InChI is InChI=1S/C26H28N6/c1-21-12-14-23(15-13-21)25(26-27-28-29-32(26)20-22-8-4-2-5-9-22)31-18-16-30(17-19-31)24-10-6-3-7-11-24/h2-15,25H,16-20H2,1H3/p+2/t25-/m0/s1. The summed E-state index contributed by atoms with van der Waals surface area (Å²) >= 11 is 0. The molecule has 1 aliphatic rings. The van der Waals surface area contributed by atoms with Crippen molar-refractivity contribution >= 4 is 5.69 Å². The number of nitrogens with one attached hydrogen (secondary N) is 2. The third-order valence-corrected chi connectivity index (χ3v) is 6.49. The molecule has 2 heterocycles. The van der Waals surface area contributed by atoms with E-state index in [1.54, 1.807) is 4.90 Å². The van der Waals surface area contributed by atoms with Crippen molar-refractivity contribution in [1.29, 1.82) is 0 Å². The van der Waals surface area contributed by atoms with Gasteiger partial charge in [-0.15, -0.1) is 5.10 Å². The van der Waals surface area contributed by atoms with E-state index in [0.717, 1.165) is 32.0 Å². The Balaban J connectivity index is 1.43. The van der Waals surface area contributed by atoms with Crippen molar-refractivity contribution in [3.05, 3.63) is 107 Å². The van der Waals surface area contributed by atoms with Crippen LogP contribution in [-0.2, 0) is 6.54 Å². The largest absolute Gasteiger partial charge is 0.313 e. The average Bonchev–Trinajstić information content (AvgIpc) is 3.30. The Labute approximate surface area is 189 Å². The number of aromatic nitrogens is 4. The predicted molar refractivity (Wildman–Crippen MR) is 124 cm³/mol. The zero-order valence-electron chi connectivity index (χ0n) is 18.5. The molecule has 0 saturated carbocycles. The van der Waals surface area contributed by atoms with E-state index in [1.807, 2.05) is 10.7 Å². The number of hydrogen-bond donors (Lipinski definition) is 2. The summed E-state index contributed by atoms with van der Waals surface area (Å²) < 4.78 is 1.98. The van der Waals surface area contributed by atoms with Crippen LogP contribution in [0, 0.1) is 6.92 Å². The molecule has 3 aromatic carbocycles. The van der Waals surface area contributed by atoms with E-state index in [9.17, 15) is 0 Å². The van der Waals surface area contributed by atoms with E-state index in [4.69, 9.17) is 0 Å². The van der Waals surface area contributed by atoms with Crippen LogP contribution in [0.1, 0.15) is 28.6 Å². The highest BCUT2D eigenvalue weighted by molar-refractivity contribution is 5.28. The quantitative estimate of drug-likeness (QED) is 0.488. The Bertz CT molecular complexity index is 1120. The minimum atomic E-state index is 0.117. The van der Waals surface area contributed by atoms with Gasteiger partial charge in [0.25, 0.3) is 0 Å². The zero-order valence-corrected chi connectivity index (χ0v) is 18.5. The molecule has 0 spiro atoms. The van der Waals surface area contributed by atoms with E-state index in [0.29, 0.717) is 6.54 Å². The molecule has 5 rings (SSSR count). The van der Waals surface area contributed by atoms with Crippen molar-refractivity contribution in [2.24, 2.45) is 0 Å². The molecule has 2 N–H and O–H groups in total. The van der Waals surface area contributed by atoms with E-state index in [-0.39, 0.29) is 6.04 Å². The summed E-state index contributed by atoms with van der Waals surface area (Å²) in [4.78, 5) is 3.08. The average molecular weight is 427 g/mol. The zero-order chi connectivity index (χ0) is 21.8. The number of rotatable bonds is 6. The lowest BCUT2D eigenvalue weighted by Crippen LogP contribution is -3.26. The number of aryl methyl sites for hydroxylation is 1. The van der Waals surface area contributed by atoms with Crippen molar-refractivity contribution in [3.8, 4) is 0 Å². The van der Waals surface area contributed by atoms with Crippen LogP contribution in [0.4, 0.5) is 5.69 Å². The van der Waals surface area contributed by atoms with Gasteiger partial charge in [0.2, 0.25) is 5.82 Å². The van der Waals surface area contributed by atoms with Crippen LogP contribution in [0.2, 0.25) is 0 Å². The van der Waals surface area contributed by atoms with Crippen LogP contribution >= 0.6 is 0 Å². The lowest BCUT2D eigenvalue weighted by molar-refractivity contribution is -1.00. The number of hydrogen-bond acceptors (Lipinski definition) is 3. The molecule has 1 fully saturated rings. The first-order chi connectivity index (χ1) is 15.8. The first-order valence-corrected chi connectivity index (χ1v) is 11.4. The SMILES string of the molecule is Cc1ccc([C@@H](c2nnnn2Cc2ccccc2)[NH+]2CC[NH+](c3ccccc3)CC2)cc1. The summed E-state index contributed by atoms with van der Waals surface area (Å²) in [6.07, 6.45) is 0. The number of para-hydroxylation sites is 1. The van der Waals surface area contributed by atoms with Crippen molar-refractivity contribution < 1.29 is 9.80 Å². The Morgan fingerprint density at radius 2 is 1.47 bits per heavy atom. The van der Waals surface area contributed by atoms with Crippen LogP contribution in [0.3, 0.4) is 0 Å². The highest BCUT2D eigenvalue weighted by Gasteiger charge is 2.36. The molecule has 1 saturated heterocycles. The molecule has 1 atom stereocenters. The molecule has 4 aromatic rings. The third kappa shape index (κ3) is 4.47. The van der Waals surface area contributed by atoms with E-state index in [1.165, 1.54) is 27.3 Å². The normalized spacial score (nSPS) is 19.5. The van der Waals surface area contributed by atoms with E-state index < -0.39 is 0 Å². The molecule has 0 unspecified atom stereocenters. The molecular weight excluding hydrogens is 396 g/mol. The topological polar surface area (TPSA) is 52.5 Å². The van der Waals surface area contributed by atoms with Crippen molar-refractivity contribution in [2.45, 2.75) is 19.5 Å². The molecule has 6 nitrogen and oxygen atoms in total. The third-order valence-electron chi connectivity index (χ3n) is 6.49. The molecule has 1 aromatic heterocycles. The van der Waals surface area contributed by atoms with Gasteiger partial charge in [-0.1, -0.05) is 78.4 Å². The Morgan fingerprint density at radius 1 is 0.812 bits per heavy atom. The van der Waals surface area contributed by atoms with Crippen molar-refractivity contribution in [2.75, 3.05) is 26.2 Å². The number of tetrazole rings is 1. The van der Waals surface area contributed by atoms with Gasteiger partial charge in [-0.3, -0.25) is 4.90 Å². The summed E-state index contributed by atoms with van der Waals surface area (Å²) in [7, 11) is 0. The van der Waals surface area contributed by atoms with Crippen molar-refractivity contribution in [1.82, 2.24) is 20.2 Å². The van der Waals surface area contributed by atoms with Crippen LogP contribution < -0.4 is 9.80 Å². The van der Waals surface area contributed by atoms with Crippen LogP contribution in [0.25, 0.3) is 0 Å². The summed E-state index contributed by atoms with van der Waals surface area (Å²) in [6, 6.07) is 30.2. The van der Waals surface area contributed by atoms with E-state index in [2.05, 4.69) is 101 Å². The molecule has 32 heavy (non-hydrogen) atoms. The van der Waals surface area contributed by atoms with Gasteiger partial charge < -0.3 is 4.90 Å². The van der Waals surface area contributed by atoms with Gasteiger partial charge in [0, 0.05) is 5.56 Å². The van der Waals surface area contributed by atoms with Gasteiger partial charge in [0.1, 0.15) is 31.9 Å². The van der Waals surface area contributed by atoms with Gasteiger partial charge >= 0.3 is 0 Å². The summed E-state index contributed by atoms with van der Waals surface area (Å²) in [5.41, 5.74) is 5.13. The van der Waals surface area contributed by atoms with E-state index >= 15 is 0 Å². The fourth-order valence-electron chi connectivity index (χ4n) is 4.74. The smallest absolute Gasteiger partial charge is 0.214 e. The first-order valence-electron chi connectivity index (χ1n) is 11.4. The second-order valence-electron chi connectivity index (χ2n) is 8.65. The minimum Gasteiger partial charge on any atom is -0.313 e. The van der Waals surface area contributed by atoms with Crippen LogP contribution in [-0.4, -0.2) is 46.4 Å². The van der Waals surface area contributed by atoms with Gasteiger partial charge in [0.05, 0.1) is 6.54 Å². The fourth-order valence-corrected chi connectivity index (χ4v) is 4.74. The molecule has 0 radical (unpaired) electrons. The maximum Gasteiger partial charge on any atom is 0.214 e. The summed E-state index contributed by atoms with van der Waals surface area (Å²) in [5.74, 6) is 0.941. The molecule has 162 valence electrons. The van der Waals surface area contributed by atoms with Gasteiger partial charge in [0.15, 0.2) is 6.04 Å². The fraction of sp³-hybridized carbons (Fsp3) is 0.269. The molecule has 0 bridgehead atoms. The van der Waals surface area contributed by atoms with Gasteiger partial charge in [-0.2, -0.15) is 0 Å². The summed E-state index contributed by atoms with van der Waals surface area (Å²) in [6.45, 7) is 7.15. The van der Waals surface area contributed by atoms with Crippen molar-refractivity contribution in [3.63, 3.8) is 0 Å². The highest BCUT2D eigenvalue weighted by atomic mass is 15.6. The molecule has 0 aliphatic carbocycles. The molecule has 6 heteroatoms. The first kappa shape index (κ1) is 20.5. The van der Waals surface area contributed by atoms with Gasteiger partial charge in [-0.25, -0.2) is 4.68 Å². The number of benzene rings is 3. The summed E-state index contributed by atoms with van der Waals surface area (Å²) in [5, 5.41) is 13.0. The van der Waals surface area contributed by atoms with Gasteiger partial charge in [-0.05, 0) is 35.0 Å². The second kappa shape index (κ2) is 9.42. The molecular formula is C26H30N6+2. The number of nitrogens with zero attached hydrogens (tertiary/aromatic N) is 4. The van der Waals surface area contributed by atoms with Crippen LogP contribution in [0.5, 0.6) is 0 Å². The Kier molecular flexibility index (Phi) is 6.05. The number of piperazine rings is 1. The number of quaternary nitrogens is 2. The maximum absolute atomic E-state index is 4.54. The lowest BCUT2D eigenvalue weighted by atomic mass is 10.0. The molecule has 0 amide bonds. The van der Waals surface area contributed by atoms with Crippen LogP contribution in [0.15, 0.2) is 84.9 Å². The Morgan fingerprint density at radius 3 is 2.16 bits per heavy atom. The Hall–Kier alpha value is -3.35.